The first-order valence-corrected chi connectivity index (χ1v) is 4.72. The minimum Gasteiger partial charge on any atom is -0.472 e. The Kier molecular flexibility index (Phi) is 4.33. The summed E-state index contributed by atoms with van der Waals surface area (Å²) in [6.07, 6.45) is 7.47. The van der Waals surface area contributed by atoms with Gasteiger partial charge in [-0.15, -0.1) is 6.58 Å². The Morgan fingerprint density at radius 3 is 3.08 bits per heavy atom. The van der Waals surface area contributed by atoms with E-state index in [9.17, 15) is 0 Å². The second-order valence-electron chi connectivity index (χ2n) is 3.11. The summed E-state index contributed by atoms with van der Waals surface area (Å²) >= 11 is 0. The molecule has 2 heteroatoms. The van der Waals surface area contributed by atoms with Gasteiger partial charge in [-0.1, -0.05) is 13.0 Å². The average molecular weight is 179 g/mol. The Morgan fingerprint density at radius 1 is 1.69 bits per heavy atom. The molecule has 0 aliphatic heterocycles. The van der Waals surface area contributed by atoms with Crippen LogP contribution in [-0.4, -0.2) is 12.6 Å². The van der Waals surface area contributed by atoms with Crippen LogP contribution in [-0.2, 0) is 6.42 Å². The molecule has 0 saturated heterocycles. The number of hydrogen-bond donors (Lipinski definition) is 1. The van der Waals surface area contributed by atoms with Crippen LogP contribution in [0.4, 0.5) is 0 Å². The van der Waals surface area contributed by atoms with Crippen molar-refractivity contribution in [3.8, 4) is 0 Å². The van der Waals surface area contributed by atoms with Gasteiger partial charge in [0.15, 0.2) is 0 Å². The third-order valence-corrected chi connectivity index (χ3v) is 2.01. The smallest absolute Gasteiger partial charge is 0.0935 e. The molecular weight excluding hydrogens is 162 g/mol. The molecule has 0 spiro atoms. The van der Waals surface area contributed by atoms with E-state index in [0.29, 0.717) is 6.04 Å². The van der Waals surface area contributed by atoms with Crippen molar-refractivity contribution >= 4 is 0 Å². The molecule has 1 heterocycles. The van der Waals surface area contributed by atoms with E-state index in [1.165, 1.54) is 5.56 Å². The summed E-state index contributed by atoms with van der Waals surface area (Å²) in [5.41, 5.74) is 1.24. The first-order valence-electron chi connectivity index (χ1n) is 4.72. The second kappa shape index (κ2) is 5.60. The third-order valence-electron chi connectivity index (χ3n) is 2.01. The van der Waals surface area contributed by atoms with Crippen molar-refractivity contribution in [1.29, 1.82) is 0 Å². The van der Waals surface area contributed by atoms with Crippen molar-refractivity contribution in [3.63, 3.8) is 0 Å². The van der Waals surface area contributed by atoms with Gasteiger partial charge >= 0.3 is 0 Å². The Hall–Kier alpha value is -1.02. The zero-order valence-corrected chi connectivity index (χ0v) is 8.12. The zero-order chi connectivity index (χ0) is 9.52. The maximum absolute atomic E-state index is 5.02. The van der Waals surface area contributed by atoms with Crippen LogP contribution in [0.3, 0.4) is 0 Å². The van der Waals surface area contributed by atoms with Crippen molar-refractivity contribution in [1.82, 2.24) is 5.32 Å². The summed E-state index contributed by atoms with van der Waals surface area (Å²) in [6.45, 7) is 6.86. The summed E-state index contributed by atoms with van der Waals surface area (Å²) in [5, 5.41) is 3.41. The van der Waals surface area contributed by atoms with Gasteiger partial charge in [0.05, 0.1) is 12.5 Å². The topological polar surface area (TPSA) is 25.2 Å². The first-order chi connectivity index (χ1) is 6.36. The molecule has 0 amide bonds. The maximum Gasteiger partial charge on any atom is 0.0935 e. The van der Waals surface area contributed by atoms with Crippen LogP contribution in [0.2, 0.25) is 0 Å². The summed E-state index contributed by atoms with van der Waals surface area (Å²) < 4.78 is 5.02. The molecule has 2 nitrogen and oxygen atoms in total. The second-order valence-corrected chi connectivity index (χ2v) is 3.11. The van der Waals surface area contributed by atoms with Gasteiger partial charge in [-0.3, -0.25) is 0 Å². The summed E-state index contributed by atoms with van der Waals surface area (Å²) in [6, 6.07) is 2.49. The molecule has 1 atom stereocenters. The average Bonchev–Trinajstić information content (AvgIpc) is 2.58. The van der Waals surface area contributed by atoms with Gasteiger partial charge in [-0.2, -0.15) is 0 Å². The lowest BCUT2D eigenvalue weighted by molar-refractivity contribution is 0.520. The number of furan rings is 1. The number of likely N-dealkylation sites (N-methyl/N-ethyl adjacent to an activating group) is 1. The highest BCUT2D eigenvalue weighted by Gasteiger charge is 2.06. The van der Waals surface area contributed by atoms with E-state index in [-0.39, 0.29) is 0 Å². The molecular formula is C11H17NO. The predicted octanol–water partition coefficient (Wildman–Crippen LogP) is 2.38. The van der Waals surface area contributed by atoms with Gasteiger partial charge in [0.1, 0.15) is 0 Å². The Labute approximate surface area is 79.6 Å². The maximum atomic E-state index is 5.02. The molecule has 0 radical (unpaired) electrons. The molecule has 0 bridgehead atoms. The van der Waals surface area contributed by atoms with E-state index in [1.54, 1.807) is 12.5 Å². The van der Waals surface area contributed by atoms with Gasteiger partial charge in [0, 0.05) is 6.04 Å². The van der Waals surface area contributed by atoms with E-state index < -0.39 is 0 Å². The Balaban J connectivity index is 2.42. The SMILES string of the molecule is C=CCC(Cc1ccoc1)NCC. The number of hydrogen-bond acceptors (Lipinski definition) is 2. The Bertz CT molecular complexity index is 228. The highest BCUT2D eigenvalue weighted by molar-refractivity contribution is 5.07. The monoisotopic (exact) mass is 179 g/mol. The summed E-state index contributed by atoms with van der Waals surface area (Å²) in [5.74, 6) is 0. The van der Waals surface area contributed by atoms with Gasteiger partial charge in [0.25, 0.3) is 0 Å². The lowest BCUT2D eigenvalue weighted by Crippen LogP contribution is -2.30. The highest BCUT2D eigenvalue weighted by atomic mass is 16.3. The van der Waals surface area contributed by atoms with Crippen LogP contribution in [0.15, 0.2) is 35.7 Å². The van der Waals surface area contributed by atoms with Crippen molar-refractivity contribution < 1.29 is 4.42 Å². The molecule has 72 valence electrons. The zero-order valence-electron chi connectivity index (χ0n) is 8.12. The van der Waals surface area contributed by atoms with E-state index in [1.807, 2.05) is 12.1 Å². The first kappa shape index (κ1) is 10.1. The van der Waals surface area contributed by atoms with E-state index in [0.717, 1.165) is 19.4 Å². The lowest BCUT2D eigenvalue weighted by atomic mass is 10.1. The summed E-state index contributed by atoms with van der Waals surface area (Å²) in [4.78, 5) is 0. The summed E-state index contributed by atoms with van der Waals surface area (Å²) in [7, 11) is 0. The fourth-order valence-electron chi connectivity index (χ4n) is 1.42. The standard InChI is InChI=1S/C11H17NO/c1-3-5-11(12-4-2)8-10-6-7-13-9-10/h3,6-7,9,11-12H,1,4-5,8H2,2H3. The minimum atomic E-state index is 0.486. The van der Waals surface area contributed by atoms with Crippen molar-refractivity contribution in [2.75, 3.05) is 6.54 Å². The lowest BCUT2D eigenvalue weighted by Gasteiger charge is -2.14. The van der Waals surface area contributed by atoms with Crippen molar-refractivity contribution in [2.24, 2.45) is 0 Å². The van der Waals surface area contributed by atoms with E-state index in [2.05, 4.69) is 18.8 Å². The number of rotatable bonds is 6. The molecule has 0 fully saturated rings. The van der Waals surface area contributed by atoms with Crippen LogP contribution in [0.5, 0.6) is 0 Å². The minimum absolute atomic E-state index is 0.486. The molecule has 0 aliphatic carbocycles. The van der Waals surface area contributed by atoms with Crippen LogP contribution in [0, 0.1) is 0 Å². The Morgan fingerprint density at radius 2 is 2.54 bits per heavy atom. The molecule has 0 saturated carbocycles. The fourth-order valence-corrected chi connectivity index (χ4v) is 1.42. The van der Waals surface area contributed by atoms with E-state index >= 15 is 0 Å². The quantitative estimate of drug-likeness (QED) is 0.678. The van der Waals surface area contributed by atoms with Crippen LogP contribution < -0.4 is 5.32 Å². The molecule has 1 unspecified atom stereocenters. The van der Waals surface area contributed by atoms with Gasteiger partial charge < -0.3 is 9.73 Å². The molecule has 1 rings (SSSR count). The van der Waals surface area contributed by atoms with Gasteiger partial charge in [0.2, 0.25) is 0 Å². The molecule has 0 aliphatic rings. The normalized spacial score (nSPS) is 12.7. The number of nitrogens with one attached hydrogen (secondary N) is 1. The molecule has 1 aromatic rings. The van der Waals surface area contributed by atoms with Crippen molar-refractivity contribution in [3.05, 3.63) is 36.8 Å². The van der Waals surface area contributed by atoms with Gasteiger partial charge in [-0.05, 0) is 31.0 Å². The van der Waals surface area contributed by atoms with Gasteiger partial charge in [-0.25, -0.2) is 0 Å². The molecule has 1 aromatic heterocycles. The van der Waals surface area contributed by atoms with E-state index in [4.69, 9.17) is 4.42 Å². The van der Waals surface area contributed by atoms with Crippen LogP contribution in [0.25, 0.3) is 0 Å². The largest absolute Gasteiger partial charge is 0.472 e. The fraction of sp³-hybridized carbons (Fsp3) is 0.455. The predicted molar refractivity (Wildman–Crippen MR) is 54.7 cm³/mol. The van der Waals surface area contributed by atoms with Crippen molar-refractivity contribution in [2.45, 2.75) is 25.8 Å². The molecule has 1 N–H and O–H groups in total. The molecule has 0 aromatic carbocycles. The van der Waals surface area contributed by atoms with Crippen LogP contribution >= 0.6 is 0 Å². The molecule has 13 heavy (non-hydrogen) atoms. The third kappa shape index (κ3) is 3.47. The highest BCUT2D eigenvalue weighted by Crippen LogP contribution is 2.06. The van der Waals surface area contributed by atoms with Crippen LogP contribution in [0.1, 0.15) is 18.9 Å².